The highest BCUT2D eigenvalue weighted by Gasteiger charge is 2.29. The topological polar surface area (TPSA) is 80.1 Å². The van der Waals surface area contributed by atoms with Gasteiger partial charge in [-0.25, -0.2) is 0 Å². The number of nitrogens with one attached hydrogen (secondary N) is 2. The molecule has 3 rings (SSSR count). The quantitative estimate of drug-likeness (QED) is 0.807. The Balaban J connectivity index is 1.64. The summed E-state index contributed by atoms with van der Waals surface area (Å²) in [4.78, 5) is 15.5. The molecule has 0 spiro atoms. The Bertz CT molecular complexity index is 693. The Hall–Kier alpha value is -1.85. The number of aromatic amines is 1. The molecule has 0 saturated carbocycles. The second-order valence-corrected chi connectivity index (χ2v) is 6.03. The number of hydrogen-bond acceptors (Lipinski definition) is 3. The minimum absolute atomic E-state index is 0.0255. The van der Waals surface area contributed by atoms with Crippen molar-refractivity contribution in [2.24, 2.45) is 5.73 Å². The van der Waals surface area contributed by atoms with E-state index in [-0.39, 0.29) is 18.1 Å². The van der Waals surface area contributed by atoms with Crippen LogP contribution in [0.4, 0.5) is 0 Å². The molecule has 2 atom stereocenters. The van der Waals surface area contributed by atoms with Gasteiger partial charge in [-0.05, 0) is 49.9 Å². The lowest BCUT2D eigenvalue weighted by Gasteiger charge is -2.12. The van der Waals surface area contributed by atoms with E-state index in [9.17, 15) is 4.79 Å². The molecule has 5 heteroatoms. The maximum absolute atomic E-state index is 12.1. The van der Waals surface area contributed by atoms with Gasteiger partial charge in [0.2, 0.25) is 5.91 Å². The number of fused-ring (bicyclic) bond motifs is 1. The van der Waals surface area contributed by atoms with Gasteiger partial charge >= 0.3 is 0 Å². The van der Waals surface area contributed by atoms with Crippen molar-refractivity contribution in [2.75, 3.05) is 6.54 Å². The summed E-state index contributed by atoms with van der Waals surface area (Å²) < 4.78 is 5.61. The lowest BCUT2D eigenvalue weighted by molar-refractivity contribution is -0.132. The third-order valence-corrected chi connectivity index (χ3v) is 4.50. The van der Waals surface area contributed by atoms with Crippen LogP contribution in [-0.2, 0) is 16.1 Å². The van der Waals surface area contributed by atoms with E-state index in [0.717, 1.165) is 23.9 Å². The number of aromatic nitrogens is 1. The van der Waals surface area contributed by atoms with E-state index < -0.39 is 0 Å². The highest BCUT2D eigenvalue weighted by atomic mass is 16.5. The summed E-state index contributed by atoms with van der Waals surface area (Å²) >= 11 is 0. The molecule has 1 aliphatic rings. The standard InChI is InChI=1S/C17H23N3O2/c1-10-11(2)20-15-5-3-12(7-14(10)15)9-19-17(21)16-6-4-13(8-18)22-16/h3,5,7,13,16,20H,4,6,8-9,18H2,1-2H3,(H,19,21)/t13-,16+/m1/s1. The lowest BCUT2D eigenvalue weighted by Crippen LogP contribution is -2.35. The molecule has 0 bridgehead atoms. The van der Waals surface area contributed by atoms with Crippen molar-refractivity contribution in [3.63, 3.8) is 0 Å². The first-order chi connectivity index (χ1) is 10.6. The van der Waals surface area contributed by atoms with Crippen LogP contribution in [0.1, 0.15) is 29.7 Å². The van der Waals surface area contributed by atoms with Crippen LogP contribution >= 0.6 is 0 Å². The molecule has 5 nitrogen and oxygen atoms in total. The summed E-state index contributed by atoms with van der Waals surface area (Å²) in [6, 6.07) is 6.23. The average Bonchev–Trinajstić information content (AvgIpc) is 3.11. The predicted molar refractivity (Wildman–Crippen MR) is 86.6 cm³/mol. The van der Waals surface area contributed by atoms with Gasteiger partial charge in [0.15, 0.2) is 0 Å². The summed E-state index contributed by atoms with van der Waals surface area (Å²) in [5, 5.41) is 4.17. The number of carbonyl (C=O) groups is 1. The minimum Gasteiger partial charge on any atom is -0.364 e. The molecule has 22 heavy (non-hydrogen) atoms. The van der Waals surface area contributed by atoms with Gasteiger partial charge in [-0.15, -0.1) is 0 Å². The molecule has 0 aliphatic carbocycles. The first-order valence-electron chi connectivity index (χ1n) is 7.79. The maximum Gasteiger partial charge on any atom is 0.249 e. The van der Waals surface area contributed by atoms with Crippen LogP contribution in [0.5, 0.6) is 0 Å². The summed E-state index contributed by atoms with van der Waals surface area (Å²) in [7, 11) is 0. The van der Waals surface area contributed by atoms with E-state index in [2.05, 4.69) is 36.3 Å². The molecule has 4 N–H and O–H groups in total. The first-order valence-corrected chi connectivity index (χ1v) is 7.79. The van der Waals surface area contributed by atoms with Gasteiger partial charge < -0.3 is 20.8 Å². The molecule has 1 aromatic carbocycles. The Morgan fingerprint density at radius 3 is 2.95 bits per heavy atom. The van der Waals surface area contributed by atoms with E-state index in [0.29, 0.717) is 13.1 Å². The molecule has 2 heterocycles. The number of carbonyl (C=O) groups excluding carboxylic acids is 1. The van der Waals surface area contributed by atoms with Crippen molar-refractivity contribution in [2.45, 2.75) is 45.4 Å². The van der Waals surface area contributed by atoms with Crippen molar-refractivity contribution in [1.82, 2.24) is 10.3 Å². The maximum atomic E-state index is 12.1. The number of aryl methyl sites for hydroxylation is 2. The van der Waals surface area contributed by atoms with Crippen molar-refractivity contribution in [3.05, 3.63) is 35.0 Å². The second kappa shape index (κ2) is 6.10. The van der Waals surface area contributed by atoms with Gasteiger partial charge in [-0.1, -0.05) is 6.07 Å². The fourth-order valence-electron chi connectivity index (χ4n) is 2.99. The molecule has 0 radical (unpaired) electrons. The minimum atomic E-state index is -0.353. The molecule has 1 aliphatic heterocycles. The van der Waals surface area contributed by atoms with Crippen LogP contribution in [0.15, 0.2) is 18.2 Å². The third kappa shape index (κ3) is 2.87. The fraction of sp³-hybridized carbons (Fsp3) is 0.471. The van der Waals surface area contributed by atoms with Crippen LogP contribution in [0.25, 0.3) is 10.9 Å². The van der Waals surface area contributed by atoms with Gasteiger partial charge in [0.05, 0.1) is 6.10 Å². The zero-order chi connectivity index (χ0) is 15.7. The number of ether oxygens (including phenoxy) is 1. The van der Waals surface area contributed by atoms with E-state index in [1.165, 1.54) is 16.6 Å². The van der Waals surface area contributed by atoms with Gasteiger partial charge in [0.25, 0.3) is 0 Å². The molecular formula is C17H23N3O2. The van der Waals surface area contributed by atoms with Gasteiger partial charge in [0.1, 0.15) is 6.10 Å². The van der Waals surface area contributed by atoms with Gasteiger partial charge in [-0.2, -0.15) is 0 Å². The van der Waals surface area contributed by atoms with Crippen molar-refractivity contribution in [1.29, 1.82) is 0 Å². The van der Waals surface area contributed by atoms with Crippen molar-refractivity contribution >= 4 is 16.8 Å². The molecule has 1 amide bonds. The Morgan fingerprint density at radius 2 is 2.23 bits per heavy atom. The predicted octanol–water partition coefficient (Wildman–Crippen LogP) is 1.91. The smallest absolute Gasteiger partial charge is 0.249 e. The van der Waals surface area contributed by atoms with E-state index in [1.807, 2.05) is 6.07 Å². The molecule has 1 aromatic heterocycles. The van der Waals surface area contributed by atoms with Crippen molar-refractivity contribution in [3.8, 4) is 0 Å². The van der Waals surface area contributed by atoms with Crippen LogP contribution in [0.2, 0.25) is 0 Å². The monoisotopic (exact) mass is 301 g/mol. The average molecular weight is 301 g/mol. The van der Waals surface area contributed by atoms with Crippen LogP contribution in [-0.4, -0.2) is 29.6 Å². The lowest BCUT2D eigenvalue weighted by atomic mass is 10.1. The summed E-state index contributed by atoms with van der Waals surface area (Å²) in [5.41, 5.74) is 10.2. The molecule has 2 aromatic rings. The highest BCUT2D eigenvalue weighted by Crippen LogP contribution is 2.23. The highest BCUT2D eigenvalue weighted by molar-refractivity contribution is 5.85. The Kier molecular flexibility index (Phi) is 4.18. The van der Waals surface area contributed by atoms with Crippen molar-refractivity contribution < 1.29 is 9.53 Å². The molecule has 1 fully saturated rings. The number of benzene rings is 1. The Labute approximate surface area is 130 Å². The molecule has 118 valence electrons. The van der Waals surface area contributed by atoms with Crippen LogP contribution < -0.4 is 11.1 Å². The fourth-order valence-corrected chi connectivity index (χ4v) is 2.99. The number of amides is 1. The largest absolute Gasteiger partial charge is 0.364 e. The third-order valence-electron chi connectivity index (χ3n) is 4.50. The SMILES string of the molecule is Cc1[nH]c2ccc(CNC(=O)[C@@H]3CC[C@H](CN)O3)cc2c1C. The zero-order valence-corrected chi connectivity index (χ0v) is 13.1. The summed E-state index contributed by atoms with van der Waals surface area (Å²) in [5.74, 6) is -0.0435. The van der Waals surface area contributed by atoms with Gasteiger partial charge in [-0.3, -0.25) is 4.79 Å². The normalized spacial score (nSPS) is 21.4. The Morgan fingerprint density at radius 1 is 1.41 bits per heavy atom. The first kappa shape index (κ1) is 15.1. The number of nitrogens with two attached hydrogens (primary N) is 1. The molecule has 1 saturated heterocycles. The zero-order valence-electron chi connectivity index (χ0n) is 13.1. The van der Waals surface area contributed by atoms with E-state index in [1.54, 1.807) is 0 Å². The van der Waals surface area contributed by atoms with Gasteiger partial charge in [0, 0.05) is 29.7 Å². The second-order valence-electron chi connectivity index (χ2n) is 6.03. The molecular weight excluding hydrogens is 278 g/mol. The summed E-state index contributed by atoms with van der Waals surface area (Å²) in [6.07, 6.45) is 1.29. The summed E-state index contributed by atoms with van der Waals surface area (Å²) in [6.45, 7) is 5.18. The van der Waals surface area contributed by atoms with E-state index in [4.69, 9.17) is 10.5 Å². The van der Waals surface area contributed by atoms with Crippen LogP contribution in [0, 0.1) is 13.8 Å². The number of H-pyrrole nitrogens is 1. The number of hydrogen-bond donors (Lipinski definition) is 3. The molecule has 0 unspecified atom stereocenters. The van der Waals surface area contributed by atoms with Crippen LogP contribution in [0.3, 0.4) is 0 Å². The number of rotatable bonds is 4. The van der Waals surface area contributed by atoms with E-state index >= 15 is 0 Å².